The molecule has 0 saturated heterocycles. The van der Waals surface area contributed by atoms with Crippen LogP contribution in [0.15, 0.2) is 12.1 Å². The van der Waals surface area contributed by atoms with E-state index in [1.807, 2.05) is 34.4 Å². The predicted molar refractivity (Wildman–Crippen MR) is 89.7 cm³/mol. The van der Waals surface area contributed by atoms with E-state index in [1.165, 1.54) is 0 Å². The summed E-state index contributed by atoms with van der Waals surface area (Å²) >= 11 is 9.77. The van der Waals surface area contributed by atoms with Crippen LogP contribution in [0.3, 0.4) is 0 Å². The number of benzene rings is 1. The minimum absolute atomic E-state index is 0.201. The molecule has 1 unspecified atom stereocenters. The second-order valence-electron chi connectivity index (χ2n) is 4.42. The molecule has 1 heterocycles. The Morgan fingerprint density at radius 2 is 2.26 bits per heavy atom. The summed E-state index contributed by atoms with van der Waals surface area (Å²) in [5, 5.41) is 0. The number of alkyl halides is 1. The Labute approximate surface area is 135 Å². The second-order valence-corrected chi connectivity index (χ2v) is 6.83. The first-order valence-electron chi connectivity index (χ1n) is 5.99. The van der Waals surface area contributed by atoms with Gasteiger partial charge in [-0.2, -0.15) is 11.8 Å². The number of hydrogen-bond acceptors (Lipinski definition) is 2. The van der Waals surface area contributed by atoms with Crippen LogP contribution in [0.5, 0.6) is 0 Å². The van der Waals surface area contributed by atoms with Crippen LogP contribution in [-0.4, -0.2) is 21.6 Å². The van der Waals surface area contributed by atoms with Gasteiger partial charge in [0.2, 0.25) is 0 Å². The maximum Gasteiger partial charge on any atom is 0.138 e. The molecule has 0 amide bonds. The van der Waals surface area contributed by atoms with E-state index in [4.69, 9.17) is 11.6 Å². The second kappa shape index (κ2) is 6.63. The Balaban J connectivity index is 2.53. The van der Waals surface area contributed by atoms with Crippen molar-refractivity contribution in [1.29, 1.82) is 0 Å². The minimum atomic E-state index is -0.201. The van der Waals surface area contributed by atoms with Crippen molar-refractivity contribution in [1.82, 2.24) is 9.55 Å². The van der Waals surface area contributed by atoms with Gasteiger partial charge in [-0.05, 0) is 54.0 Å². The summed E-state index contributed by atoms with van der Waals surface area (Å²) in [6, 6.07) is 3.61. The summed E-state index contributed by atoms with van der Waals surface area (Å²) in [4.78, 5) is 4.52. The van der Waals surface area contributed by atoms with Gasteiger partial charge in [0.25, 0.3) is 0 Å². The fourth-order valence-corrected chi connectivity index (χ4v) is 3.36. The standard InChI is InChI=1S/C13H15ClFIN2S/c1-8(3-4-19-2)18-12-5-9(15)10(16)6-11(12)17-13(18)7-14/h5-6,8H,3-4,7H2,1-2H3. The molecule has 2 rings (SSSR count). The van der Waals surface area contributed by atoms with Gasteiger partial charge in [-0.1, -0.05) is 0 Å². The van der Waals surface area contributed by atoms with Crippen LogP contribution in [0.4, 0.5) is 4.39 Å². The topological polar surface area (TPSA) is 17.8 Å². The van der Waals surface area contributed by atoms with E-state index in [1.54, 1.807) is 12.1 Å². The number of imidazole rings is 1. The zero-order chi connectivity index (χ0) is 14.0. The highest BCUT2D eigenvalue weighted by molar-refractivity contribution is 14.1. The molecule has 6 heteroatoms. The third-order valence-electron chi connectivity index (χ3n) is 3.10. The summed E-state index contributed by atoms with van der Waals surface area (Å²) in [6.07, 6.45) is 3.10. The number of aromatic nitrogens is 2. The van der Waals surface area contributed by atoms with Crippen LogP contribution < -0.4 is 0 Å². The van der Waals surface area contributed by atoms with Crippen molar-refractivity contribution in [3.8, 4) is 0 Å². The molecule has 0 N–H and O–H groups in total. The third-order valence-corrected chi connectivity index (χ3v) is 4.81. The number of hydrogen-bond donors (Lipinski definition) is 0. The molecule has 104 valence electrons. The van der Waals surface area contributed by atoms with Crippen molar-refractivity contribution >= 4 is 57.0 Å². The maximum absolute atomic E-state index is 13.8. The smallest absolute Gasteiger partial charge is 0.138 e. The highest BCUT2D eigenvalue weighted by Crippen LogP contribution is 2.27. The highest BCUT2D eigenvalue weighted by atomic mass is 127. The molecular weight excluding hydrogens is 398 g/mol. The van der Waals surface area contributed by atoms with E-state index in [0.717, 1.165) is 29.0 Å². The van der Waals surface area contributed by atoms with E-state index >= 15 is 0 Å². The molecule has 0 fully saturated rings. The van der Waals surface area contributed by atoms with Gasteiger partial charge in [0.15, 0.2) is 0 Å². The third kappa shape index (κ3) is 3.19. The number of halogens is 3. The number of thioether (sulfide) groups is 1. The average molecular weight is 413 g/mol. The highest BCUT2D eigenvalue weighted by Gasteiger charge is 2.16. The van der Waals surface area contributed by atoms with E-state index < -0.39 is 0 Å². The monoisotopic (exact) mass is 412 g/mol. The van der Waals surface area contributed by atoms with E-state index in [2.05, 4.69) is 22.7 Å². The number of fused-ring (bicyclic) bond motifs is 1. The molecular formula is C13H15ClFIN2S. The van der Waals surface area contributed by atoms with Crippen LogP contribution in [0, 0.1) is 9.39 Å². The molecule has 1 atom stereocenters. The lowest BCUT2D eigenvalue weighted by molar-refractivity contribution is 0.532. The van der Waals surface area contributed by atoms with Gasteiger partial charge in [0.05, 0.1) is 20.5 Å². The van der Waals surface area contributed by atoms with E-state index in [0.29, 0.717) is 9.45 Å². The molecule has 0 aliphatic heterocycles. The van der Waals surface area contributed by atoms with Crippen LogP contribution >= 0.6 is 46.0 Å². The van der Waals surface area contributed by atoms with Crippen molar-refractivity contribution in [2.75, 3.05) is 12.0 Å². The molecule has 0 saturated carbocycles. The van der Waals surface area contributed by atoms with Gasteiger partial charge >= 0.3 is 0 Å². The molecule has 0 radical (unpaired) electrons. The van der Waals surface area contributed by atoms with Crippen molar-refractivity contribution in [2.45, 2.75) is 25.3 Å². The Morgan fingerprint density at radius 3 is 2.89 bits per heavy atom. The summed E-state index contributed by atoms with van der Waals surface area (Å²) in [5.41, 5.74) is 1.65. The SMILES string of the molecule is CSCCC(C)n1c(CCl)nc2cc(I)c(F)cc21. The molecule has 1 aromatic heterocycles. The quantitative estimate of drug-likeness (QED) is 0.517. The van der Waals surface area contributed by atoms with Gasteiger partial charge in [0, 0.05) is 12.1 Å². The summed E-state index contributed by atoms with van der Waals surface area (Å²) < 4.78 is 16.4. The van der Waals surface area contributed by atoms with Crippen molar-refractivity contribution in [2.24, 2.45) is 0 Å². The molecule has 2 nitrogen and oxygen atoms in total. The Bertz CT molecular complexity index is 588. The van der Waals surface area contributed by atoms with E-state index in [9.17, 15) is 4.39 Å². The van der Waals surface area contributed by atoms with Gasteiger partial charge in [-0.3, -0.25) is 0 Å². The van der Waals surface area contributed by atoms with Gasteiger partial charge in [0.1, 0.15) is 11.6 Å². The summed E-state index contributed by atoms with van der Waals surface area (Å²) in [5.74, 6) is 2.02. The zero-order valence-corrected chi connectivity index (χ0v) is 14.5. The minimum Gasteiger partial charge on any atom is -0.324 e. The van der Waals surface area contributed by atoms with Crippen LogP contribution in [-0.2, 0) is 5.88 Å². The first-order chi connectivity index (χ1) is 9.08. The predicted octanol–water partition coefficient (Wildman–Crippen LogP) is 4.83. The molecule has 0 spiro atoms. The van der Waals surface area contributed by atoms with Crippen molar-refractivity contribution < 1.29 is 4.39 Å². The maximum atomic E-state index is 13.8. The average Bonchev–Trinajstić information content (AvgIpc) is 2.74. The van der Waals surface area contributed by atoms with Crippen LogP contribution in [0.1, 0.15) is 25.2 Å². The Morgan fingerprint density at radius 1 is 1.53 bits per heavy atom. The Kier molecular flexibility index (Phi) is 5.37. The van der Waals surface area contributed by atoms with Crippen molar-refractivity contribution in [3.05, 3.63) is 27.3 Å². The van der Waals surface area contributed by atoms with Gasteiger partial charge < -0.3 is 4.57 Å². The van der Waals surface area contributed by atoms with Crippen LogP contribution in [0.25, 0.3) is 11.0 Å². The fourth-order valence-electron chi connectivity index (χ4n) is 2.14. The lowest BCUT2D eigenvalue weighted by Crippen LogP contribution is -2.09. The molecule has 19 heavy (non-hydrogen) atoms. The Hall–Kier alpha value is -0.0100. The lowest BCUT2D eigenvalue weighted by atomic mass is 10.2. The first kappa shape index (κ1) is 15.4. The number of rotatable bonds is 5. The molecule has 1 aromatic carbocycles. The molecule has 0 aliphatic carbocycles. The summed E-state index contributed by atoms with van der Waals surface area (Å²) in [6.45, 7) is 2.13. The van der Waals surface area contributed by atoms with Gasteiger partial charge in [-0.25, -0.2) is 9.37 Å². The largest absolute Gasteiger partial charge is 0.324 e. The summed E-state index contributed by atoms with van der Waals surface area (Å²) in [7, 11) is 0. The van der Waals surface area contributed by atoms with Crippen molar-refractivity contribution in [3.63, 3.8) is 0 Å². The van der Waals surface area contributed by atoms with E-state index in [-0.39, 0.29) is 11.9 Å². The molecule has 2 aromatic rings. The number of nitrogens with zero attached hydrogens (tertiary/aromatic N) is 2. The molecule has 0 bridgehead atoms. The van der Waals surface area contributed by atoms with Crippen LogP contribution in [0.2, 0.25) is 0 Å². The molecule has 0 aliphatic rings. The van der Waals surface area contributed by atoms with Gasteiger partial charge in [-0.15, -0.1) is 11.6 Å². The lowest BCUT2D eigenvalue weighted by Gasteiger charge is -2.16. The first-order valence-corrected chi connectivity index (χ1v) is 9.00. The normalized spacial score (nSPS) is 13.1. The zero-order valence-electron chi connectivity index (χ0n) is 10.8. The fraction of sp³-hybridized carbons (Fsp3) is 0.462.